The number of carboxylic acid groups (broad SMARTS) is 1. The van der Waals surface area contributed by atoms with Gasteiger partial charge >= 0.3 is 5.97 Å². The number of carbonyl (C=O) groups is 1. The first kappa shape index (κ1) is 13.4. The fourth-order valence-electron chi connectivity index (χ4n) is 1.44. The lowest BCUT2D eigenvalue weighted by atomic mass is 9.84. The van der Waals surface area contributed by atoms with Crippen LogP contribution in [0.4, 0.5) is 4.39 Å². The predicted octanol–water partition coefficient (Wildman–Crippen LogP) is 1.95. The monoisotopic (exact) mass is 205 g/mol. The smallest absolute Gasteiger partial charge is 0.323 e. The van der Waals surface area contributed by atoms with Crippen LogP contribution in [-0.2, 0) is 4.79 Å². The Morgan fingerprint density at radius 2 is 2.21 bits per heavy atom. The lowest BCUT2D eigenvalue weighted by molar-refractivity contribution is -0.144. The van der Waals surface area contributed by atoms with Crippen molar-refractivity contribution in [2.45, 2.75) is 45.1 Å². The molecule has 0 aromatic rings. The first-order chi connectivity index (χ1) is 6.46. The van der Waals surface area contributed by atoms with Gasteiger partial charge in [-0.1, -0.05) is 20.3 Å². The zero-order chi connectivity index (χ0) is 11.2. The van der Waals surface area contributed by atoms with Crippen molar-refractivity contribution in [3.63, 3.8) is 0 Å². The molecule has 0 heterocycles. The van der Waals surface area contributed by atoms with Crippen LogP contribution in [0.1, 0.15) is 39.5 Å². The maximum absolute atomic E-state index is 12.0. The third-order valence-corrected chi connectivity index (χ3v) is 2.59. The van der Waals surface area contributed by atoms with E-state index < -0.39 is 18.2 Å². The lowest BCUT2D eigenvalue weighted by Crippen LogP contribution is -2.49. The largest absolute Gasteiger partial charge is 0.480 e. The molecule has 0 fully saturated rings. The summed E-state index contributed by atoms with van der Waals surface area (Å²) in [6.07, 6.45) is 1.74. The molecule has 14 heavy (non-hydrogen) atoms. The van der Waals surface area contributed by atoms with E-state index in [1.165, 1.54) is 0 Å². The topological polar surface area (TPSA) is 63.3 Å². The SMILES string of the molecule is CCC(C)CC(N)(CCCF)C(=O)O. The Bertz CT molecular complexity index is 187. The molecule has 3 N–H and O–H groups in total. The molecule has 2 unspecified atom stereocenters. The maximum atomic E-state index is 12.0. The predicted molar refractivity (Wildman–Crippen MR) is 53.8 cm³/mol. The molecule has 0 rings (SSSR count). The van der Waals surface area contributed by atoms with E-state index in [0.717, 1.165) is 6.42 Å². The quantitative estimate of drug-likeness (QED) is 0.667. The summed E-state index contributed by atoms with van der Waals surface area (Å²) < 4.78 is 12.0. The number of aliphatic carboxylic acids is 1. The molecular formula is C10H20FNO2. The minimum atomic E-state index is -1.25. The Morgan fingerprint density at radius 1 is 1.64 bits per heavy atom. The Balaban J connectivity index is 4.31. The molecule has 4 heteroatoms. The van der Waals surface area contributed by atoms with Gasteiger partial charge in [0.2, 0.25) is 0 Å². The summed E-state index contributed by atoms with van der Waals surface area (Å²) >= 11 is 0. The number of nitrogens with two attached hydrogens (primary N) is 1. The summed E-state index contributed by atoms with van der Waals surface area (Å²) in [4.78, 5) is 10.9. The van der Waals surface area contributed by atoms with Crippen LogP contribution in [0.5, 0.6) is 0 Å². The average molecular weight is 205 g/mol. The first-order valence-corrected chi connectivity index (χ1v) is 5.04. The normalized spacial score (nSPS) is 17.4. The maximum Gasteiger partial charge on any atom is 0.323 e. The van der Waals surface area contributed by atoms with Crippen LogP contribution in [0.2, 0.25) is 0 Å². The Morgan fingerprint density at radius 3 is 2.57 bits per heavy atom. The van der Waals surface area contributed by atoms with Gasteiger partial charge < -0.3 is 10.8 Å². The fourth-order valence-corrected chi connectivity index (χ4v) is 1.44. The van der Waals surface area contributed by atoms with E-state index in [2.05, 4.69) is 0 Å². The summed E-state index contributed by atoms with van der Waals surface area (Å²) in [6.45, 7) is 3.44. The van der Waals surface area contributed by atoms with Gasteiger partial charge in [-0.2, -0.15) is 0 Å². The molecule has 84 valence electrons. The van der Waals surface area contributed by atoms with Crippen LogP contribution < -0.4 is 5.73 Å². The highest BCUT2D eigenvalue weighted by atomic mass is 19.1. The van der Waals surface area contributed by atoms with Gasteiger partial charge in [-0.15, -0.1) is 0 Å². The van der Waals surface area contributed by atoms with Gasteiger partial charge in [0, 0.05) is 0 Å². The molecule has 0 aromatic carbocycles. The number of halogens is 1. The second-order valence-corrected chi connectivity index (χ2v) is 3.97. The van der Waals surface area contributed by atoms with Crippen molar-refractivity contribution in [3.05, 3.63) is 0 Å². The van der Waals surface area contributed by atoms with Crippen molar-refractivity contribution in [1.82, 2.24) is 0 Å². The van der Waals surface area contributed by atoms with Crippen LogP contribution in [0.3, 0.4) is 0 Å². The van der Waals surface area contributed by atoms with E-state index in [-0.39, 0.29) is 18.8 Å². The molecule has 3 nitrogen and oxygen atoms in total. The number of hydrogen-bond acceptors (Lipinski definition) is 2. The average Bonchev–Trinajstić information content (AvgIpc) is 2.14. The number of carboxylic acids is 1. The Labute approximate surface area is 84.5 Å². The van der Waals surface area contributed by atoms with Crippen LogP contribution in [0, 0.1) is 5.92 Å². The molecule has 0 spiro atoms. The van der Waals surface area contributed by atoms with E-state index in [1.807, 2.05) is 13.8 Å². The third-order valence-electron chi connectivity index (χ3n) is 2.59. The summed E-state index contributed by atoms with van der Waals surface area (Å²) in [5, 5.41) is 8.96. The highest BCUT2D eigenvalue weighted by Crippen LogP contribution is 2.22. The molecule has 0 aliphatic carbocycles. The molecule has 0 amide bonds. The molecular weight excluding hydrogens is 185 g/mol. The Hall–Kier alpha value is -0.640. The van der Waals surface area contributed by atoms with Crippen molar-refractivity contribution in [3.8, 4) is 0 Å². The summed E-state index contributed by atoms with van der Waals surface area (Å²) in [5.74, 6) is -0.762. The van der Waals surface area contributed by atoms with Crippen LogP contribution in [0.25, 0.3) is 0 Å². The summed E-state index contributed by atoms with van der Waals surface area (Å²) in [5.41, 5.74) is 4.49. The van der Waals surface area contributed by atoms with Gasteiger partial charge in [-0.3, -0.25) is 9.18 Å². The highest BCUT2D eigenvalue weighted by molar-refractivity contribution is 5.78. The minimum absolute atomic E-state index is 0.211. The second kappa shape index (κ2) is 5.96. The van der Waals surface area contributed by atoms with E-state index in [0.29, 0.717) is 6.42 Å². The van der Waals surface area contributed by atoms with Gasteiger partial charge in [0.05, 0.1) is 6.67 Å². The van der Waals surface area contributed by atoms with E-state index in [9.17, 15) is 9.18 Å². The van der Waals surface area contributed by atoms with Crippen molar-refractivity contribution in [2.75, 3.05) is 6.67 Å². The third kappa shape index (κ3) is 4.05. The molecule has 0 saturated heterocycles. The molecule has 0 bridgehead atoms. The second-order valence-electron chi connectivity index (χ2n) is 3.97. The number of hydrogen-bond donors (Lipinski definition) is 2. The van der Waals surface area contributed by atoms with E-state index >= 15 is 0 Å². The zero-order valence-corrected chi connectivity index (χ0v) is 8.92. The van der Waals surface area contributed by atoms with Crippen LogP contribution in [0.15, 0.2) is 0 Å². The highest BCUT2D eigenvalue weighted by Gasteiger charge is 2.34. The van der Waals surface area contributed by atoms with Gasteiger partial charge in [0.1, 0.15) is 5.54 Å². The van der Waals surface area contributed by atoms with E-state index in [1.54, 1.807) is 0 Å². The first-order valence-electron chi connectivity index (χ1n) is 5.04. The van der Waals surface area contributed by atoms with Gasteiger partial charge in [-0.05, 0) is 25.2 Å². The molecule has 0 aliphatic heterocycles. The van der Waals surface area contributed by atoms with Gasteiger partial charge in [0.25, 0.3) is 0 Å². The van der Waals surface area contributed by atoms with Crippen LogP contribution >= 0.6 is 0 Å². The molecule has 2 atom stereocenters. The Kier molecular flexibility index (Phi) is 5.69. The number of rotatable bonds is 7. The van der Waals surface area contributed by atoms with Crippen molar-refractivity contribution in [2.24, 2.45) is 11.7 Å². The van der Waals surface area contributed by atoms with Crippen molar-refractivity contribution >= 4 is 5.97 Å². The summed E-state index contributed by atoms with van der Waals surface area (Å²) in [7, 11) is 0. The van der Waals surface area contributed by atoms with Crippen molar-refractivity contribution in [1.29, 1.82) is 0 Å². The van der Waals surface area contributed by atoms with Crippen LogP contribution in [-0.4, -0.2) is 23.3 Å². The summed E-state index contributed by atoms with van der Waals surface area (Å²) in [6, 6.07) is 0. The van der Waals surface area contributed by atoms with Gasteiger partial charge in [0.15, 0.2) is 0 Å². The fraction of sp³-hybridized carbons (Fsp3) is 0.900. The number of alkyl halides is 1. The van der Waals surface area contributed by atoms with E-state index in [4.69, 9.17) is 10.8 Å². The zero-order valence-electron chi connectivity index (χ0n) is 8.92. The molecule has 0 aliphatic rings. The lowest BCUT2D eigenvalue weighted by Gasteiger charge is -2.27. The van der Waals surface area contributed by atoms with Gasteiger partial charge in [-0.25, -0.2) is 0 Å². The minimum Gasteiger partial charge on any atom is -0.480 e. The molecule has 0 aromatic heterocycles. The molecule has 0 radical (unpaired) electrons. The van der Waals surface area contributed by atoms with Crippen molar-refractivity contribution < 1.29 is 14.3 Å². The standard InChI is InChI=1S/C10H20FNO2/c1-3-8(2)7-10(12,9(13)14)5-4-6-11/h8H,3-7,12H2,1-2H3,(H,13,14). The molecule has 0 saturated carbocycles.